The maximum Gasteiger partial charge on any atom is 0.586 e. The van der Waals surface area contributed by atoms with E-state index in [9.17, 15) is 18.4 Å². The van der Waals surface area contributed by atoms with E-state index in [1.165, 1.54) is 29.0 Å². The average Bonchev–Trinajstić information content (AvgIpc) is 3.30. The van der Waals surface area contributed by atoms with Crippen LogP contribution in [-0.2, 0) is 17.8 Å². The number of ether oxygens (including phenoxy) is 3. The van der Waals surface area contributed by atoms with Crippen LogP contribution in [0.4, 0.5) is 14.5 Å². The first kappa shape index (κ1) is 22.6. The standard InChI is InChI=1S/C24H19ClF2N4O5/c1-29-15-9-18-19(36-24(26,27)35-18)10-17(15)34-12-16(22(29)32)30-8-7-14-20(23(30)33)28-31(21(14)25)11-13-5-3-2-4-6-13/h2-6,9-10,16H,7-8,11-12H2,1H3/t16-/m0/s1. The summed E-state index contributed by atoms with van der Waals surface area (Å²) in [6, 6.07) is 11.1. The Morgan fingerprint density at radius 1 is 1.11 bits per heavy atom. The van der Waals surface area contributed by atoms with Crippen molar-refractivity contribution in [3.8, 4) is 17.2 Å². The third-order valence-corrected chi connectivity index (χ3v) is 6.88. The second-order valence-electron chi connectivity index (χ2n) is 8.67. The van der Waals surface area contributed by atoms with Gasteiger partial charge in [-0.25, -0.2) is 4.68 Å². The highest BCUT2D eigenvalue weighted by Gasteiger charge is 2.46. The van der Waals surface area contributed by atoms with Crippen LogP contribution in [0, 0.1) is 0 Å². The number of hydrogen-bond acceptors (Lipinski definition) is 6. The van der Waals surface area contributed by atoms with Gasteiger partial charge in [0.2, 0.25) is 0 Å². The average molecular weight is 517 g/mol. The maximum atomic E-state index is 13.5. The van der Waals surface area contributed by atoms with E-state index in [4.69, 9.17) is 16.3 Å². The lowest BCUT2D eigenvalue weighted by Crippen LogP contribution is -2.54. The molecule has 0 bridgehead atoms. The van der Waals surface area contributed by atoms with Gasteiger partial charge in [-0.3, -0.25) is 9.59 Å². The molecule has 186 valence electrons. The zero-order valence-electron chi connectivity index (χ0n) is 18.9. The van der Waals surface area contributed by atoms with Crippen LogP contribution in [0.25, 0.3) is 0 Å². The molecular weight excluding hydrogens is 498 g/mol. The summed E-state index contributed by atoms with van der Waals surface area (Å²) in [4.78, 5) is 29.5. The van der Waals surface area contributed by atoms with E-state index in [1.54, 1.807) is 4.68 Å². The van der Waals surface area contributed by atoms with Gasteiger partial charge in [-0.1, -0.05) is 41.9 Å². The monoisotopic (exact) mass is 516 g/mol. The number of fused-ring (bicyclic) bond motifs is 3. The summed E-state index contributed by atoms with van der Waals surface area (Å²) in [6.45, 7) is 0.463. The number of likely N-dealkylation sites (N-methyl/N-ethyl adjacent to an activating group) is 1. The highest BCUT2D eigenvalue weighted by Crippen LogP contribution is 2.48. The normalized spacial score (nSPS) is 20.1. The molecule has 3 aliphatic rings. The van der Waals surface area contributed by atoms with Crippen LogP contribution < -0.4 is 19.1 Å². The molecule has 0 saturated heterocycles. The number of amides is 2. The summed E-state index contributed by atoms with van der Waals surface area (Å²) in [5.74, 6) is -1.12. The molecule has 2 aromatic carbocycles. The van der Waals surface area contributed by atoms with Crippen molar-refractivity contribution in [3.05, 3.63) is 64.4 Å². The minimum Gasteiger partial charge on any atom is -0.489 e. The first-order valence-corrected chi connectivity index (χ1v) is 11.5. The molecule has 12 heteroatoms. The third kappa shape index (κ3) is 3.62. The van der Waals surface area contributed by atoms with Gasteiger partial charge in [-0.05, 0) is 12.0 Å². The smallest absolute Gasteiger partial charge is 0.489 e. The van der Waals surface area contributed by atoms with E-state index in [-0.39, 0.29) is 41.8 Å². The molecule has 3 aromatic rings. The zero-order valence-corrected chi connectivity index (χ0v) is 19.7. The molecule has 0 radical (unpaired) electrons. The van der Waals surface area contributed by atoms with E-state index in [2.05, 4.69) is 14.6 Å². The lowest BCUT2D eigenvalue weighted by atomic mass is 10.0. The van der Waals surface area contributed by atoms with Crippen molar-refractivity contribution in [2.45, 2.75) is 25.3 Å². The molecule has 0 spiro atoms. The molecule has 36 heavy (non-hydrogen) atoms. The van der Waals surface area contributed by atoms with Crippen molar-refractivity contribution in [1.29, 1.82) is 0 Å². The number of nitrogens with zero attached hydrogens (tertiary/aromatic N) is 4. The molecule has 0 unspecified atom stereocenters. The van der Waals surface area contributed by atoms with Crippen LogP contribution in [-0.4, -0.2) is 59.0 Å². The molecule has 0 N–H and O–H groups in total. The zero-order chi connectivity index (χ0) is 25.2. The number of halogens is 3. The van der Waals surface area contributed by atoms with Gasteiger partial charge in [-0.15, -0.1) is 8.78 Å². The summed E-state index contributed by atoms with van der Waals surface area (Å²) >= 11 is 6.55. The predicted molar refractivity (Wildman–Crippen MR) is 123 cm³/mol. The lowest BCUT2D eigenvalue weighted by Gasteiger charge is -2.33. The van der Waals surface area contributed by atoms with Gasteiger partial charge < -0.3 is 24.0 Å². The molecular formula is C24H19ClF2N4O5. The Balaban J connectivity index is 1.26. The molecule has 4 heterocycles. The second-order valence-corrected chi connectivity index (χ2v) is 9.03. The van der Waals surface area contributed by atoms with Gasteiger partial charge >= 0.3 is 6.29 Å². The Morgan fingerprint density at radius 3 is 2.58 bits per heavy atom. The molecule has 9 nitrogen and oxygen atoms in total. The quantitative estimate of drug-likeness (QED) is 0.531. The fourth-order valence-electron chi connectivity index (χ4n) is 4.65. The Kier molecular flexibility index (Phi) is 5.08. The molecule has 2 amide bonds. The molecule has 6 rings (SSSR count). The number of carbonyl (C=O) groups is 2. The van der Waals surface area contributed by atoms with E-state index in [1.807, 2.05) is 30.3 Å². The van der Waals surface area contributed by atoms with Crippen molar-refractivity contribution >= 4 is 29.1 Å². The molecule has 0 fully saturated rings. The van der Waals surface area contributed by atoms with Crippen LogP contribution in [0.2, 0.25) is 5.15 Å². The molecule has 0 saturated carbocycles. The number of hydrogen-bond donors (Lipinski definition) is 0. The Labute approximate surface area is 208 Å². The summed E-state index contributed by atoms with van der Waals surface area (Å²) in [5, 5.41) is 4.85. The number of anilines is 1. The van der Waals surface area contributed by atoms with Gasteiger partial charge in [0, 0.05) is 31.3 Å². The number of aromatic nitrogens is 2. The molecule has 3 aliphatic heterocycles. The summed E-state index contributed by atoms with van der Waals surface area (Å²) in [6.07, 6.45) is -3.38. The first-order valence-electron chi connectivity index (χ1n) is 11.2. The van der Waals surface area contributed by atoms with E-state index < -0.39 is 24.2 Å². The van der Waals surface area contributed by atoms with Crippen molar-refractivity contribution in [2.24, 2.45) is 0 Å². The van der Waals surface area contributed by atoms with Crippen molar-refractivity contribution in [2.75, 3.05) is 25.1 Å². The fourth-order valence-corrected chi connectivity index (χ4v) is 4.93. The molecule has 1 atom stereocenters. The van der Waals surface area contributed by atoms with Gasteiger partial charge in [0.05, 0.1) is 12.2 Å². The van der Waals surface area contributed by atoms with Crippen LogP contribution in [0.3, 0.4) is 0 Å². The number of benzene rings is 2. The highest BCUT2D eigenvalue weighted by molar-refractivity contribution is 6.31. The van der Waals surface area contributed by atoms with Crippen LogP contribution in [0.5, 0.6) is 17.2 Å². The van der Waals surface area contributed by atoms with Gasteiger partial charge in [-0.2, -0.15) is 5.10 Å². The van der Waals surface area contributed by atoms with E-state index >= 15 is 0 Å². The molecule has 0 aliphatic carbocycles. The predicted octanol–water partition coefficient (Wildman–Crippen LogP) is 3.33. The van der Waals surface area contributed by atoms with Gasteiger partial charge in [0.25, 0.3) is 11.8 Å². The number of alkyl halides is 2. The van der Waals surface area contributed by atoms with Crippen molar-refractivity contribution < 1.29 is 32.6 Å². The minimum atomic E-state index is -3.80. The topological polar surface area (TPSA) is 86.1 Å². The highest BCUT2D eigenvalue weighted by atomic mass is 35.5. The maximum absolute atomic E-state index is 13.5. The number of rotatable bonds is 3. The van der Waals surface area contributed by atoms with Crippen molar-refractivity contribution in [3.63, 3.8) is 0 Å². The Bertz CT molecular complexity index is 1400. The third-order valence-electron chi connectivity index (χ3n) is 6.46. The van der Waals surface area contributed by atoms with Gasteiger partial charge in [0.15, 0.2) is 17.2 Å². The minimum absolute atomic E-state index is 0.161. The second kappa shape index (κ2) is 8.09. The van der Waals surface area contributed by atoms with Gasteiger partial charge in [0.1, 0.15) is 23.6 Å². The van der Waals surface area contributed by atoms with Crippen molar-refractivity contribution in [1.82, 2.24) is 14.7 Å². The first-order chi connectivity index (χ1) is 17.2. The summed E-state index contributed by atoms with van der Waals surface area (Å²) < 4.78 is 43.3. The summed E-state index contributed by atoms with van der Waals surface area (Å²) in [7, 11) is 1.48. The Hall–Kier alpha value is -3.86. The van der Waals surface area contributed by atoms with Crippen LogP contribution in [0.15, 0.2) is 42.5 Å². The summed E-state index contributed by atoms with van der Waals surface area (Å²) in [5.41, 5.74) is 2.04. The SMILES string of the molecule is CN1C(=O)[C@@H](N2CCc3c(nn(Cc4ccccc4)c3Cl)C2=O)COc2cc3c(cc21)OC(F)(F)O3. The molecule has 1 aromatic heterocycles. The fraction of sp³-hybridized carbons (Fsp3) is 0.292. The van der Waals surface area contributed by atoms with Crippen LogP contribution in [0.1, 0.15) is 21.6 Å². The van der Waals surface area contributed by atoms with E-state index in [0.29, 0.717) is 23.7 Å². The largest absolute Gasteiger partial charge is 0.586 e. The Morgan fingerprint density at radius 2 is 1.83 bits per heavy atom. The number of carbonyl (C=O) groups excluding carboxylic acids is 2. The lowest BCUT2D eigenvalue weighted by molar-refractivity contribution is -0.286. The van der Waals surface area contributed by atoms with E-state index in [0.717, 1.165) is 5.56 Å². The van der Waals surface area contributed by atoms with Crippen LogP contribution >= 0.6 is 11.6 Å².